The molecule has 0 heterocycles. The van der Waals surface area contributed by atoms with Gasteiger partial charge in [0.2, 0.25) is 5.91 Å². The van der Waals surface area contributed by atoms with Crippen LogP contribution < -0.4 is 5.32 Å². The van der Waals surface area contributed by atoms with Crippen molar-refractivity contribution in [3.8, 4) is 0 Å². The minimum absolute atomic E-state index is 0.0810. The van der Waals surface area contributed by atoms with E-state index in [2.05, 4.69) is 28.2 Å². The van der Waals surface area contributed by atoms with Gasteiger partial charge in [-0.2, -0.15) is 0 Å². The van der Waals surface area contributed by atoms with Crippen molar-refractivity contribution >= 4 is 21.8 Å². The fraction of sp³-hybridized carbons (Fsp3) is 0.462. The van der Waals surface area contributed by atoms with Gasteiger partial charge in [-0.3, -0.25) is 4.79 Å². The molecule has 3 heteroatoms. The molecular formula is C13H18BrNO. The molecule has 0 fully saturated rings. The molecule has 16 heavy (non-hydrogen) atoms. The third kappa shape index (κ3) is 4.35. The van der Waals surface area contributed by atoms with Gasteiger partial charge in [0.05, 0.1) is 6.04 Å². The van der Waals surface area contributed by atoms with E-state index in [0.717, 1.165) is 22.9 Å². The summed E-state index contributed by atoms with van der Waals surface area (Å²) in [5.74, 6) is 0.136. The van der Waals surface area contributed by atoms with E-state index in [-0.39, 0.29) is 11.9 Å². The van der Waals surface area contributed by atoms with Gasteiger partial charge in [0.25, 0.3) is 0 Å². The number of carbonyl (C=O) groups excluding carboxylic acids is 1. The molecule has 1 amide bonds. The van der Waals surface area contributed by atoms with Gasteiger partial charge in [-0.15, -0.1) is 0 Å². The van der Waals surface area contributed by atoms with Crippen LogP contribution in [0.15, 0.2) is 28.7 Å². The van der Waals surface area contributed by atoms with E-state index in [0.29, 0.717) is 6.42 Å². The average Bonchev–Trinajstić information content (AvgIpc) is 2.27. The molecular weight excluding hydrogens is 266 g/mol. The highest BCUT2D eigenvalue weighted by Crippen LogP contribution is 2.16. The smallest absolute Gasteiger partial charge is 0.220 e. The zero-order valence-corrected chi connectivity index (χ0v) is 11.4. The van der Waals surface area contributed by atoms with Crippen LogP contribution in [0.1, 0.15) is 44.7 Å². The number of unbranched alkanes of at least 4 members (excludes halogenated alkanes) is 1. The molecule has 0 saturated heterocycles. The lowest BCUT2D eigenvalue weighted by atomic mass is 10.1. The van der Waals surface area contributed by atoms with Crippen molar-refractivity contribution in [2.24, 2.45) is 0 Å². The van der Waals surface area contributed by atoms with Gasteiger partial charge >= 0.3 is 0 Å². The quantitative estimate of drug-likeness (QED) is 0.875. The van der Waals surface area contributed by atoms with Crippen LogP contribution in [0.25, 0.3) is 0 Å². The summed E-state index contributed by atoms with van der Waals surface area (Å²) in [5.41, 5.74) is 1.13. The SMILES string of the molecule is CCCCC(=O)N[C@@H](C)c1ccc(Br)cc1. The zero-order valence-electron chi connectivity index (χ0n) is 9.79. The van der Waals surface area contributed by atoms with Crippen molar-refractivity contribution in [1.29, 1.82) is 0 Å². The number of rotatable bonds is 5. The second-order valence-corrected chi connectivity index (χ2v) is 4.86. The van der Waals surface area contributed by atoms with E-state index in [4.69, 9.17) is 0 Å². The van der Waals surface area contributed by atoms with Crippen molar-refractivity contribution in [1.82, 2.24) is 5.32 Å². The molecule has 1 aromatic carbocycles. The Bertz CT molecular complexity index is 334. The number of nitrogens with one attached hydrogen (secondary N) is 1. The van der Waals surface area contributed by atoms with E-state index in [1.807, 2.05) is 31.2 Å². The van der Waals surface area contributed by atoms with Gasteiger partial charge in [0.15, 0.2) is 0 Å². The maximum Gasteiger partial charge on any atom is 0.220 e. The second kappa shape index (κ2) is 6.69. The summed E-state index contributed by atoms with van der Waals surface area (Å²) in [6.45, 7) is 4.10. The second-order valence-electron chi connectivity index (χ2n) is 3.94. The maximum atomic E-state index is 11.5. The molecule has 0 spiro atoms. The number of carbonyl (C=O) groups is 1. The first-order chi connectivity index (χ1) is 7.63. The summed E-state index contributed by atoms with van der Waals surface area (Å²) in [6.07, 6.45) is 2.64. The molecule has 0 aliphatic heterocycles. The van der Waals surface area contributed by atoms with Gasteiger partial charge in [0, 0.05) is 10.9 Å². The van der Waals surface area contributed by atoms with Crippen LogP contribution in [0.5, 0.6) is 0 Å². The highest BCUT2D eigenvalue weighted by atomic mass is 79.9. The predicted molar refractivity (Wildman–Crippen MR) is 70.2 cm³/mol. The van der Waals surface area contributed by atoms with E-state index in [1.54, 1.807) is 0 Å². The van der Waals surface area contributed by atoms with E-state index < -0.39 is 0 Å². The third-order valence-electron chi connectivity index (χ3n) is 2.50. The molecule has 0 bridgehead atoms. The molecule has 1 atom stereocenters. The number of amides is 1. The molecule has 0 aliphatic rings. The van der Waals surface area contributed by atoms with Crippen LogP contribution in [-0.2, 0) is 4.79 Å². The first-order valence-corrected chi connectivity index (χ1v) is 6.47. The Morgan fingerprint density at radius 1 is 1.38 bits per heavy atom. The van der Waals surface area contributed by atoms with Crippen molar-refractivity contribution in [3.63, 3.8) is 0 Å². The molecule has 0 radical (unpaired) electrons. The van der Waals surface area contributed by atoms with E-state index in [1.165, 1.54) is 0 Å². The molecule has 0 saturated carbocycles. The van der Waals surface area contributed by atoms with Gasteiger partial charge in [-0.1, -0.05) is 41.4 Å². The fourth-order valence-electron chi connectivity index (χ4n) is 1.49. The lowest BCUT2D eigenvalue weighted by Crippen LogP contribution is -2.26. The van der Waals surface area contributed by atoms with Gasteiger partial charge in [-0.25, -0.2) is 0 Å². The number of benzene rings is 1. The Morgan fingerprint density at radius 2 is 2.00 bits per heavy atom. The largest absolute Gasteiger partial charge is 0.350 e. The fourth-order valence-corrected chi connectivity index (χ4v) is 1.75. The Labute approximate surface area is 106 Å². The first-order valence-electron chi connectivity index (χ1n) is 5.68. The predicted octanol–water partition coefficient (Wildman–Crippen LogP) is 3.82. The van der Waals surface area contributed by atoms with Gasteiger partial charge in [0.1, 0.15) is 0 Å². The number of halogens is 1. The first kappa shape index (κ1) is 13.2. The van der Waals surface area contributed by atoms with Crippen molar-refractivity contribution in [3.05, 3.63) is 34.3 Å². The zero-order chi connectivity index (χ0) is 12.0. The average molecular weight is 284 g/mol. The summed E-state index contributed by atoms with van der Waals surface area (Å²) in [4.78, 5) is 11.5. The van der Waals surface area contributed by atoms with Crippen LogP contribution in [0.4, 0.5) is 0 Å². The molecule has 0 aliphatic carbocycles. The standard InChI is InChI=1S/C13H18BrNO/c1-3-4-5-13(16)15-10(2)11-6-8-12(14)9-7-11/h6-10H,3-5H2,1-2H3,(H,15,16)/t10-/m0/s1. The molecule has 1 rings (SSSR count). The summed E-state index contributed by atoms with van der Waals surface area (Å²) in [7, 11) is 0. The van der Waals surface area contributed by atoms with E-state index in [9.17, 15) is 4.79 Å². The normalized spacial score (nSPS) is 12.2. The number of hydrogen-bond acceptors (Lipinski definition) is 1. The van der Waals surface area contributed by atoms with Crippen LogP contribution >= 0.6 is 15.9 Å². The monoisotopic (exact) mass is 283 g/mol. The minimum atomic E-state index is 0.0810. The van der Waals surface area contributed by atoms with Crippen LogP contribution in [0.3, 0.4) is 0 Å². The third-order valence-corrected chi connectivity index (χ3v) is 3.03. The molecule has 1 N–H and O–H groups in total. The summed E-state index contributed by atoms with van der Waals surface area (Å²) in [6, 6.07) is 8.11. The van der Waals surface area contributed by atoms with Gasteiger partial charge < -0.3 is 5.32 Å². The minimum Gasteiger partial charge on any atom is -0.350 e. The van der Waals surface area contributed by atoms with Crippen LogP contribution in [0.2, 0.25) is 0 Å². The topological polar surface area (TPSA) is 29.1 Å². The van der Waals surface area contributed by atoms with E-state index >= 15 is 0 Å². The van der Waals surface area contributed by atoms with Crippen LogP contribution in [0, 0.1) is 0 Å². The van der Waals surface area contributed by atoms with Crippen LogP contribution in [-0.4, -0.2) is 5.91 Å². The summed E-state index contributed by atoms with van der Waals surface area (Å²) in [5, 5.41) is 3.00. The molecule has 0 unspecified atom stereocenters. The molecule has 1 aromatic rings. The number of hydrogen-bond donors (Lipinski definition) is 1. The van der Waals surface area contributed by atoms with Gasteiger partial charge in [-0.05, 0) is 31.0 Å². The Balaban J connectivity index is 2.48. The highest BCUT2D eigenvalue weighted by Gasteiger charge is 2.08. The highest BCUT2D eigenvalue weighted by molar-refractivity contribution is 9.10. The summed E-state index contributed by atoms with van der Waals surface area (Å²) >= 11 is 3.39. The van der Waals surface area contributed by atoms with Crippen molar-refractivity contribution in [2.75, 3.05) is 0 Å². The maximum absolute atomic E-state index is 11.5. The van der Waals surface area contributed by atoms with Crippen molar-refractivity contribution in [2.45, 2.75) is 39.2 Å². The molecule has 2 nitrogen and oxygen atoms in total. The summed E-state index contributed by atoms with van der Waals surface area (Å²) < 4.78 is 1.06. The lowest BCUT2D eigenvalue weighted by molar-refractivity contribution is -0.121. The Morgan fingerprint density at radius 3 is 2.56 bits per heavy atom. The molecule has 88 valence electrons. The Kier molecular flexibility index (Phi) is 5.53. The lowest BCUT2D eigenvalue weighted by Gasteiger charge is -2.14. The Hall–Kier alpha value is -0.830. The molecule has 0 aromatic heterocycles. The van der Waals surface area contributed by atoms with Crippen molar-refractivity contribution < 1.29 is 4.79 Å².